The summed E-state index contributed by atoms with van der Waals surface area (Å²) >= 11 is 0. The summed E-state index contributed by atoms with van der Waals surface area (Å²) < 4.78 is 31.9. The first-order valence-corrected chi connectivity index (χ1v) is 6.92. The average Bonchev–Trinajstić information content (AvgIpc) is 2.33. The third kappa shape index (κ3) is 2.16. The van der Waals surface area contributed by atoms with Crippen LogP contribution in [0.3, 0.4) is 0 Å². The van der Waals surface area contributed by atoms with Crippen LogP contribution in [0.25, 0.3) is 10.8 Å². The first-order valence-electron chi connectivity index (χ1n) is 5.48. The number of hydrogen-bond donors (Lipinski definition) is 3. The molecule has 0 radical (unpaired) electrons. The summed E-state index contributed by atoms with van der Waals surface area (Å²) in [6, 6.07) is 6.69. The number of fused-ring (bicyclic) bond motifs is 1. The number of nitrogens with two attached hydrogens (primary N) is 1. The van der Waals surface area contributed by atoms with Crippen molar-refractivity contribution in [1.29, 1.82) is 0 Å². The van der Waals surface area contributed by atoms with Crippen molar-refractivity contribution in [3.8, 4) is 5.75 Å². The monoisotopic (exact) mass is 279 g/mol. The van der Waals surface area contributed by atoms with E-state index in [0.717, 1.165) is 0 Å². The van der Waals surface area contributed by atoms with Crippen molar-refractivity contribution in [3.05, 3.63) is 42.5 Å². The fourth-order valence-corrected chi connectivity index (χ4v) is 2.87. The third-order valence-corrected chi connectivity index (χ3v) is 3.83. The maximum Gasteiger partial charge on any atom is 0.300 e. The minimum Gasteiger partial charge on any atom is -0.506 e. The summed E-state index contributed by atoms with van der Waals surface area (Å²) in [5.74, 6) is -0.539. The second-order valence-electron chi connectivity index (χ2n) is 4.08. The Morgan fingerprint density at radius 1 is 1.26 bits per heavy atom. The van der Waals surface area contributed by atoms with E-state index in [4.69, 9.17) is 5.73 Å². The number of phenols is 1. The van der Waals surface area contributed by atoms with Crippen LogP contribution in [0.4, 0.5) is 5.69 Å². The molecule has 0 aliphatic carbocycles. The molecule has 4 N–H and O–H groups in total. The van der Waals surface area contributed by atoms with Crippen LogP contribution in [0.1, 0.15) is 5.56 Å². The van der Waals surface area contributed by atoms with Crippen LogP contribution in [-0.2, 0) is 16.5 Å². The van der Waals surface area contributed by atoms with Gasteiger partial charge in [-0.1, -0.05) is 30.3 Å². The van der Waals surface area contributed by atoms with Crippen molar-refractivity contribution in [3.63, 3.8) is 0 Å². The van der Waals surface area contributed by atoms with Gasteiger partial charge in [0.1, 0.15) is 5.75 Å². The van der Waals surface area contributed by atoms with Gasteiger partial charge in [0.05, 0.1) is 5.69 Å². The Morgan fingerprint density at radius 3 is 2.37 bits per heavy atom. The lowest BCUT2D eigenvalue weighted by molar-refractivity contribution is 0.449. The molecule has 2 rings (SSSR count). The van der Waals surface area contributed by atoms with Gasteiger partial charge in [0.15, 0.2) is 4.90 Å². The fraction of sp³-hybridized carbons (Fsp3) is 0.0769. The molecule has 0 fully saturated rings. The molecule has 0 aliphatic rings. The molecular weight excluding hydrogens is 266 g/mol. The number of benzene rings is 2. The summed E-state index contributed by atoms with van der Waals surface area (Å²) in [7, 11) is -4.61. The second kappa shape index (κ2) is 4.56. The third-order valence-electron chi connectivity index (χ3n) is 2.90. The number of hydrogen-bond acceptors (Lipinski definition) is 4. The summed E-state index contributed by atoms with van der Waals surface area (Å²) in [4.78, 5) is -0.650. The van der Waals surface area contributed by atoms with Crippen molar-refractivity contribution >= 4 is 26.6 Å². The maximum atomic E-state index is 11.4. The highest BCUT2D eigenvalue weighted by Gasteiger charge is 2.24. The van der Waals surface area contributed by atoms with E-state index in [0.29, 0.717) is 22.8 Å². The van der Waals surface area contributed by atoms with Crippen molar-refractivity contribution < 1.29 is 18.1 Å². The Hall–Kier alpha value is -2.05. The molecule has 0 heterocycles. The summed E-state index contributed by atoms with van der Waals surface area (Å²) in [6.07, 6.45) is 1.90. The average molecular weight is 279 g/mol. The highest BCUT2D eigenvalue weighted by molar-refractivity contribution is 7.86. The van der Waals surface area contributed by atoms with E-state index < -0.39 is 20.8 Å². The number of phenolic OH excluding ortho intramolecular Hbond substituents is 1. The highest BCUT2D eigenvalue weighted by Crippen LogP contribution is 2.40. The molecule has 6 heteroatoms. The van der Waals surface area contributed by atoms with Gasteiger partial charge in [0, 0.05) is 5.39 Å². The van der Waals surface area contributed by atoms with Crippen molar-refractivity contribution in [2.45, 2.75) is 11.3 Å². The lowest BCUT2D eigenvalue weighted by Gasteiger charge is -2.14. The predicted octanol–water partition coefficient (Wildman–Crippen LogP) is 2.10. The minimum atomic E-state index is -4.61. The highest BCUT2D eigenvalue weighted by atomic mass is 32.2. The molecule has 0 bridgehead atoms. The zero-order valence-electron chi connectivity index (χ0n) is 10.00. The van der Waals surface area contributed by atoms with Gasteiger partial charge in [-0.05, 0) is 17.4 Å². The van der Waals surface area contributed by atoms with Crippen LogP contribution in [0.2, 0.25) is 0 Å². The van der Waals surface area contributed by atoms with Gasteiger partial charge in [-0.2, -0.15) is 8.42 Å². The van der Waals surface area contributed by atoms with Gasteiger partial charge in [-0.15, -0.1) is 6.58 Å². The molecule has 0 saturated heterocycles. The maximum absolute atomic E-state index is 11.4. The Bertz CT molecular complexity index is 766. The van der Waals surface area contributed by atoms with Gasteiger partial charge in [0.25, 0.3) is 10.1 Å². The molecule has 0 aromatic heterocycles. The molecule has 19 heavy (non-hydrogen) atoms. The lowest BCUT2D eigenvalue weighted by atomic mass is 9.99. The van der Waals surface area contributed by atoms with E-state index in [1.165, 1.54) is 0 Å². The molecule has 0 spiro atoms. The summed E-state index contributed by atoms with van der Waals surface area (Å²) in [5, 5.41) is 11.0. The van der Waals surface area contributed by atoms with Gasteiger partial charge < -0.3 is 10.8 Å². The molecule has 100 valence electrons. The van der Waals surface area contributed by atoms with E-state index in [-0.39, 0.29) is 5.69 Å². The predicted molar refractivity (Wildman–Crippen MR) is 73.7 cm³/mol. The van der Waals surface area contributed by atoms with Gasteiger partial charge in [-0.25, -0.2) is 0 Å². The van der Waals surface area contributed by atoms with Crippen molar-refractivity contribution in [1.82, 2.24) is 0 Å². The first-order chi connectivity index (χ1) is 8.88. The van der Waals surface area contributed by atoms with Crippen molar-refractivity contribution in [2.24, 2.45) is 0 Å². The number of rotatable bonds is 3. The van der Waals surface area contributed by atoms with Crippen LogP contribution < -0.4 is 5.73 Å². The normalized spacial score (nSPS) is 11.6. The molecule has 0 unspecified atom stereocenters. The second-order valence-corrected chi connectivity index (χ2v) is 5.44. The number of allylic oxidation sites excluding steroid dienone is 1. The van der Waals surface area contributed by atoms with E-state index in [2.05, 4.69) is 6.58 Å². The van der Waals surface area contributed by atoms with Crippen LogP contribution in [0.5, 0.6) is 5.75 Å². The van der Waals surface area contributed by atoms with Crippen LogP contribution in [-0.4, -0.2) is 18.1 Å². The van der Waals surface area contributed by atoms with Gasteiger partial charge in [-0.3, -0.25) is 4.55 Å². The minimum absolute atomic E-state index is 0.154. The fourth-order valence-electron chi connectivity index (χ4n) is 2.11. The first kappa shape index (κ1) is 13.4. The van der Waals surface area contributed by atoms with Crippen LogP contribution in [0.15, 0.2) is 41.8 Å². The number of anilines is 1. The van der Waals surface area contributed by atoms with Crippen LogP contribution >= 0.6 is 0 Å². The van der Waals surface area contributed by atoms with E-state index >= 15 is 0 Å². The quantitative estimate of drug-likeness (QED) is 0.454. The molecule has 2 aromatic rings. The molecule has 0 aliphatic heterocycles. The molecule has 0 atom stereocenters. The standard InChI is InChI=1S/C13H13NO4S/c1-2-5-9-8-6-3-4-7-10(8)12(15)13(11(9)14)19(16,17)18/h2-4,6-7,15H,1,5,14H2,(H,16,17,18). The van der Waals surface area contributed by atoms with E-state index in [1.807, 2.05) is 0 Å². The molecule has 2 aromatic carbocycles. The topological polar surface area (TPSA) is 101 Å². The zero-order chi connectivity index (χ0) is 14.2. The largest absolute Gasteiger partial charge is 0.506 e. The molecule has 0 amide bonds. The zero-order valence-corrected chi connectivity index (χ0v) is 10.8. The molecular formula is C13H13NO4S. The van der Waals surface area contributed by atoms with E-state index in [1.54, 1.807) is 30.3 Å². The Labute approximate surface area is 110 Å². The number of aromatic hydroxyl groups is 1. The smallest absolute Gasteiger partial charge is 0.300 e. The van der Waals surface area contributed by atoms with Gasteiger partial charge in [0.2, 0.25) is 0 Å². The Balaban J connectivity index is 3.04. The van der Waals surface area contributed by atoms with Crippen molar-refractivity contribution in [2.75, 3.05) is 5.73 Å². The number of nitrogen functional groups attached to an aromatic ring is 1. The summed E-state index contributed by atoms with van der Waals surface area (Å²) in [5.41, 5.74) is 6.13. The SMILES string of the molecule is C=CCc1c(N)c(S(=O)(=O)O)c(O)c2ccccc12. The lowest BCUT2D eigenvalue weighted by Crippen LogP contribution is -2.07. The molecule has 0 saturated carbocycles. The summed E-state index contributed by atoms with van der Waals surface area (Å²) in [6.45, 7) is 3.59. The Morgan fingerprint density at radius 2 is 1.84 bits per heavy atom. The van der Waals surface area contributed by atoms with E-state index in [9.17, 15) is 18.1 Å². The van der Waals surface area contributed by atoms with Crippen LogP contribution in [0, 0.1) is 0 Å². The molecule has 5 nitrogen and oxygen atoms in total. The Kier molecular flexibility index (Phi) is 3.21. The van der Waals surface area contributed by atoms with Gasteiger partial charge >= 0.3 is 0 Å².